The molecular formula is C18H15ClN2O3S. The number of aromatic nitrogens is 1. The van der Waals surface area contributed by atoms with Gasteiger partial charge in [-0.25, -0.2) is 13.4 Å². The molecule has 3 aromatic rings. The number of halogens is 1. The summed E-state index contributed by atoms with van der Waals surface area (Å²) in [5, 5.41) is 0.235. The van der Waals surface area contributed by atoms with Gasteiger partial charge in [-0.3, -0.25) is 4.72 Å². The van der Waals surface area contributed by atoms with E-state index in [9.17, 15) is 8.42 Å². The maximum atomic E-state index is 12.3. The van der Waals surface area contributed by atoms with Crippen LogP contribution in [0.2, 0.25) is 5.15 Å². The summed E-state index contributed by atoms with van der Waals surface area (Å²) in [6, 6.07) is 19.3. The molecule has 0 amide bonds. The summed E-state index contributed by atoms with van der Waals surface area (Å²) < 4.78 is 32.7. The zero-order valence-electron chi connectivity index (χ0n) is 13.1. The number of nitrogens with one attached hydrogen (secondary N) is 1. The maximum Gasteiger partial charge on any atom is 0.263 e. The summed E-state index contributed by atoms with van der Waals surface area (Å²) in [6.07, 6.45) is 1.21. The molecule has 0 fully saturated rings. The molecule has 0 aliphatic heterocycles. The highest BCUT2D eigenvalue weighted by molar-refractivity contribution is 7.92. The number of nitrogens with zero attached hydrogens (tertiary/aromatic N) is 1. The maximum absolute atomic E-state index is 12.3. The average molecular weight is 375 g/mol. The Kier molecular flexibility index (Phi) is 5.21. The quantitative estimate of drug-likeness (QED) is 0.659. The zero-order valence-corrected chi connectivity index (χ0v) is 14.7. The van der Waals surface area contributed by atoms with Crippen LogP contribution in [-0.4, -0.2) is 13.4 Å². The summed E-state index contributed by atoms with van der Waals surface area (Å²) in [5.41, 5.74) is 1.49. The normalized spacial score (nSPS) is 11.1. The molecule has 0 unspecified atom stereocenters. The molecule has 128 valence electrons. The van der Waals surface area contributed by atoms with Gasteiger partial charge >= 0.3 is 0 Å². The van der Waals surface area contributed by atoms with E-state index in [1.54, 1.807) is 24.3 Å². The van der Waals surface area contributed by atoms with Crippen LogP contribution in [0.3, 0.4) is 0 Å². The SMILES string of the molecule is O=S(=O)(Nc1ccc(OCc2ccccc2)cc1)c1ccc(Cl)nc1. The molecule has 0 bridgehead atoms. The van der Waals surface area contributed by atoms with Gasteiger partial charge in [-0.15, -0.1) is 0 Å². The van der Waals surface area contributed by atoms with Gasteiger partial charge in [-0.1, -0.05) is 41.9 Å². The van der Waals surface area contributed by atoms with E-state index in [1.807, 2.05) is 30.3 Å². The van der Waals surface area contributed by atoms with Gasteiger partial charge in [0, 0.05) is 11.9 Å². The van der Waals surface area contributed by atoms with Crippen molar-refractivity contribution in [3.05, 3.63) is 83.6 Å². The lowest BCUT2D eigenvalue weighted by molar-refractivity contribution is 0.306. The Balaban J connectivity index is 1.65. The predicted molar refractivity (Wildman–Crippen MR) is 97.3 cm³/mol. The predicted octanol–water partition coefficient (Wildman–Crippen LogP) is 4.11. The topological polar surface area (TPSA) is 68.3 Å². The number of ether oxygens (including phenoxy) is 1. The molecule has 1 heterocycles. The lowest BCUT2D eigenvalue weighted by Gasteiger charge is -2.10. The van der Waals surface area contributed by atoms with Gasteiger partial charge in [0.1, 0.15) is 22.4 Å². The van der Waals surface area contributed by atoms with E-state index in [2.05, 4.69) is 9.71 Å². The highest BCUT2D eigenvalue weighted by Gasteiger charge is 2.14. The van der Waals surface area contributed by atoms with Crippen LogP contribution in [0.1, 0.15) is 5.56 Å². The number of pyridine rings is 1. The van der Waals surface area contributed by atoms with Gasteiger partial charge in [-0.05, 0) is 42.0 Å². The molecule has 0 radical (unpaired) electrons. The summed E-state index contributed by atoms with van der Waals surface area (Å²) in [4.78, 5) is 3.82. The molecule has 0 spiro atoms. The van der Waals surface area contributed by atoms with Crippen LogP contribution in [0.25, 0.3) is 0 Å². The molecule has 0 saturated carbocycles. The molecule has 0 aliphatic rings. The van der Waals surface area contributed by atoms with Crippen LogP contribution >= 0.6 is 11.6 Å². The van der Waals surface area contributed by atoms with Crippen LogP contribution < -0.4 is 9.46 Å². The van der Waals surface area contributed by atoms with Crippen LogP contribution in [0.4, 0.5) is 5.69 Å². The molecule has 0 aliphatic carbocycles. The Labute approximate surface area is 151 Å². The first-order valence-corrected chi connectivity index (χ1v) is 9.30. The first kappa shape index (κ1) is 17.3. The first-order chi connectivity index (χ1) is 12.0. The lowest BCUT2D eigenvalue weighted by atomic mass is 10.2. The fourth-order valence-corrected chi connectivity index (χ4v) is 3.21. The Morgan fingerprint density at radius 1 is 0.960 bits per heavy atom. The van der Waals surface area contributed by atoms with Crippen LogP contribution in [0.5, 0.6) is 5.75 Å². The van der Waals surface area contributed by atoms with E-state index in [0.29, 0.717) is 18.0 Å². The van der Waals surface area contributed by atoms with Crippen molar-refractivity contribution in [3.63, 3.8) is 0 Å². The molecule has 5 nitrogen and oxygen atoms in total. The van der Waals surface area contributed by atoms with Crippen LogP contribution in [0.15, 0.2) is 77.8 Å². The average Bonchev–Trinajstić information content (AvgIpc) is 2.62. The lowest BCUT2D eigenvalue weighted by Crippen LogP contribution is -2.13. The molecule has 0 saturated heterocycles. The zero-order chi connectivity index (χ0) is 17.7. The van der Waals surface area contributed by atoms with E-state index in [1.165, 1.54) is 18.3 Å². The minimum Gasteiger partial charge on any atom is -0.489 e. The Morgan fingerprint density at radius 2 is 1.68 bits per heavy atom. The summed E-state index contributed by atoms with van der Waals surface area (Å²) >= 11 is 5.67. The third kappa shape index (κ3) is 4.71. The van der Waals surface area contributed by atoms with E-state index < -0.39 is 10.0 Å². The number of anilines is 1. The number of hydrogen-bond acceptors (Lipinski definition) is 4. The van der Waals surface area contributed by atoms with E-state index in [4.69, 9.17) is 16.3 Å². The molecule has 3 rings (SSSR count). The summed E-state index contributed by atoms with van der Waals surface area (Å²) in [7, 11) is -3.71. The van der Waals surface area contributed by atoms with E-state index in [-0.39, 0.29) is 10.0 Å². The van der Waals surface area contributed by atoms with Crippen molar-refractivity contribution in [2.75, 3.05) is 4.72 Å². The summed E-state index contributed by atoms with van der Waals surface area (Å²) in [6.45, 7) is 0.447. The molecule has 2 aromatic carbocycles. The van der Waals surface area contributed by atoms with Crippen molar-refractivity contribution < 1.29 is 13.2 Å². The smallest absolute Gasteiger partial charge is 0.263 e. The van der Waals surface area contributed by atoms with Crippen LogP contribution in [0, 0.1) is 0 Å². The second-order valence-corrected chi connectivity index (χ2v) is 7.29. The van der Waals surface area contributed by atoms with Crippen molar-refractivity contribution >= 4 is 27.3 Å². The highest BCUT2D eigenvalue weighted by Crippen LogP contribution is 2.20. The second kappa shape index (κ2) is 7.55. The molecular weight excluding hydrogens is 360 g/mol. The van der Waals surface area contributed by atoms with Crippen molar-refractivity contribution in [2.45, 2.75) is 11.5 Å². The fourth-order valence-electron chi connectivity index (χ4n) is 2.10. The van der Waals surface area contributed by atoms with Crippen LogP contribution in [-0.2, 0) is 16.6 Å². The van der Waals surface area contributed by atoms with Crippen molar-refractivity contribution in [3.8, 4) is 5.75 Å². The van der Waals surface area contributed by atoms with Gasteiger partial charge in [-0.2, -0.15) is 0 Å². The minimum atomic E-state index is -3.71. The number of benzene rings is 2. The second-order valence-electron chi connectivity index (χ2n) is 5.22. The third-order valence-electron chi connectivity index (χ3n) is 3.37. The van der Waals surface area contributed by atoms with Gasteiger partial charge in [0.15, 0.2) is 0 Å². The van der Waals surface area contributed by atoms with Gasteiger partial charge < -0.3 is 4.74 Å². The van der Waals surface area contributed by atoms with Gasteiger partial charge in [0.25, 0.3) is 10.0 Å². The number of sulfonamides is 1. The third-order valence-corrected chi connectivity index (χ3v) is 4.96. The van der Waals surface area contributed by atoms with Crippen molar-refractivity contribution in [1.82, 2.24) is 4.98 Å². The monoisotopic (exact) mass is 374 g/mol. The Morgan fingerprint density at radius 3 is 2.32 bits per heavy atom. The molecule has 1 aromatic heterocycles. The molecule has 7 heteroatoms. The van der Waals surface area contributed by atoms with Crippen molar-refractivity contribution in [1.29, 1.82) is 0 Å². The van der Waals surface area contributed by atoms with E-state index in [0.717, 1.165) is 5.56 Å². The van der Waals surface area contributed by atoms with Crippen molar-refractivity contribution in [2.24, 2.45) is 0 Å². The Hall–Kier alpha value is -2.57. The van der Waals surface area contributed by atoms with Gasteiger partial charge in [0.2, 0.25) is 0 Å². The largest absolute Gasteiger partial charge is 0.489 e. The van der Waals surface area contributed by atoms with Gasteiger partial charge in [0.05, 0.1) is 0 Å². The molecule has 1 N–H and O–H groups in total. The first-order valence-electron chi connectivity index (χ1n) is 7.44. The minimum absolute atomic E-state index is 0.0429. The standard InChI is InChI=1S/C18H15ClN2O3S/c19-18-11-10-17(12-20-18)25(22,23)21-15-6-8-16(9-7-15)24-13-14-4-2-1-3-5-14/h1-12,21H,13H2. The van der Waals surface area contributed by atoms with E-state index >= 15 is 0 Å². The number of hydrogen-bond donors (Lipinski definition) is 1. The highest BCUT2D eigenvalue weighted by atomic mass is 35.5. The number of rotatable bonds is 6. The molecule has 25 heavy (non-hydrogen) atoms. The summed E-state index contributed by atoms with van der Waals surface area (Å²) in [5.74, 6) is 0.653. The fraction of sp³-hybridized carbons (Fsp3) is 0.0556. The molecule has 0 atom stereocenters. The Bertz CT molecular complexity index is 928.